The first kappa shape index (κ1) is 42.1. The van der Waals surface area contributed by atoms with Crippen molar-refractivity contribution in [1.29, 1.82) is 0 Å². The van der Waals surface area contributed by atoms with Gasteiger partial charge in [-0.15, -0.1) is 0 Å². The number of para-hydroxylation sites is 2. The molecule has 3 heterocycles. The van der Waals surface area contributed by atoms with Crippen LogP contribution >= 0.6 is 0 Å². The highest BCUT2D eigenvalue weighted by Gasteiger charge is 2.51. The molecule has 2 unspecified atom stereocenters. The van der Waals surface area contributed by atoms with Crippen molar-refractivity contribution < 1.29 is 4.74 Å². The summed E-state index contributed by atoms with van der Waals surface area (Å²) in [4.78, 5) is 10.0. The van der Waals surface area contributed by atoms with E-state index in [1.54, 1.807) is 0 Å². The summed E-state index contributed by atoms with van der Waals surface area (Å²) in [6.07, 6.45) is 1.94. The summed E-state index contributed by atoms with van der Waals surface area (Å²) in [5, 5.41) is 2.33. The minimum Gasteiger partial charge on any atom is -0.457 e. The number of anilines is 4. The number of nitrogens with zero attached hydrogens (tertiary/aromatic N) is 4. The number of rotatable bonds is 6. The van der Waals surface area contributed by atoms with Crippen LogP contribution in [0.4, 0.5) is 22.7 Å². The smallest absolute Gasteiger partial charge is 0.137 e. The molecule has 4 bridgehead atoms. The zero-order chi connectivity index (χ0) is 48.5. The van der Waals surface area contributed by atoms with E-state index in [-0.39, 0.29) is 29.1 Å². The molecule has 0 spiro atoms. The third kappa shape index (κ3) is 6.37. The lowest BCUT2D eigenvalue weighted by Gasteiger charge is -2.51. The van der Waals surface area contributed by atoms with Gasteiger partial charge in [-0.1, -0.05) is 160 Å². The summed E-state index contributed by atoms with van der Waals surface area (Å²) in [6.45, 7) is 7.42. The minimum absolute atomic E-state index is 0.0339. The maximum absolute atomic E-state index is 6.92. The molecule has 2 atom stereocenters. The van der Waals surface area contributed by atoms with Crippen LogP contribution in [0.15, 0.2) is 225 Å². The van der Waals surface area contributed by atoms with Crippen molar-refractivity contribution in [3.63, 3.8) is 0 Å². The van der Waals surface area contributed by atoms with Crippen molar-refractivity contribution in [2.24, 2.45) is 0 Å². The third-order valence-corrected chi connectivity index (χ3v) is 16.5. The van der Waals surface area contributed by atoms with E-state index in [2.05, 4.69) is 254 Å². The standard InChI is InChI=1S/C68H52N4O/c1-68(2,3)44-35-36-69-62(38-44)72-57-34-31-43(42-17-5-4-6-18-42)37-56(57)48-33-32-47(40-61(48)72)73-46-20-15-19-45(39-46)70-41-71(59-29-14-13-28-58(59)70)60-30-16-27-55-65-53-25-11-12-26-54(53)67(66(55)60)64-51-23-9-7-21-49(51)63(65)50-22-8-10-24-52(50)64/h4-40,63-65,67H,41H2,1-3H3. The molecule has 0 amide bonds. The molecule has 0 saturated heterocycles. The lowest BCUT2D eigenvalue weighted by Crippen LogP contribution is -2.37. The zero-order valence-corrected chi connectivity index (χ0v) is 41.1. The molecule has 73 heavy (non-hydrogen) atoms. The van der Waals surface area contributed by atoms with Crippen molar-refractivity contribution in [1.82, 2.24) is 9.55 Å². The molecule has 11 aromatic rings. The fourth-order valence-corrected chi connectivity index (χ4v) is 13.4. The highest BCUT2D eigenvalue weighted by atomic mass is 16.5. The molecule has 0 saturated carbocycles. The van der Waals surface area contributed by atoms with Gasteiger partial charge in [-0.2, -0.15) is 0 Å². The lowest BCUT2D eigenvalue weighted by molar-refractivity contribution is 0.483. The largest absolute Gasteiger partial charge is 0.457 e. The topological polar surface area (TPSA) is 33.5 Å². The van der Waals surface area contributed by atoms with Crippen LogP contribution in [0.25, 0.3) is 38.8 Å². The van der Waals surface area contributed by atoms with Crippen LogP contribution in [0.5, 0.6) is 11.5 Å². The number of pyridine rings is 1. The second kappa shape index (κ2) is 15.9. The van der Waals surface area contributed by atoms with Crippen LogP contribution in [0.2, 0.25) is 0 Å². The van der Waals surface area contributed by atoms with Gasteiger partial charge in [0.2, 0.25) is 0 Å². The number of aromatic nitrogens is 2. The van der Waals surface area contributed by atoms with E-state index in [4.69, 9.17) is 9.72 Å². The van der Waals surface area contributed by atoms with Gasteiger partial charge in [0.05, 0.1) is 22.4 Å². The first-order valence-corrected chi connectivity index (χ1v) is 25.8. The van der Waals surface area contributed by atoms with Gasteiger partial charge in [0.15, 0.2) is 0 Å². The second-order valence-electron chi connectivity index (χ2n) is 21.4. The lowest BCUT2D eigenvalue weighted by atomic mass is 9.53. The molecule has 5 nitrogen and oxygen atoms in total. The maximum Gasteiger partial charge on any atom is 0.137 e. The predicted molar refractivity (Wildman–Crippen MR) is 298 cm³/mol. The maximum atomic E-state index is 6.92. The fraction of sp³-hybridized carbons (Fsp3) is 0.132. The van der Waals surface area contributed by atoms with Crippen LogP contribution in [-0.4, -0.2) is 16.2 Å². The van der Waals surface area contributed by atoms with Crippen molar-refractivity contribution in [2.45, 2.75) is 49.9 Å². The fourth-order valence-electron chi connectivity index (χ4n) is 13.4. The summed E-state index contributed by atoms with van der Waals surface area (Å²) in [6, 6.07) is 80.9. The van der Waals surface area contributed by atoms with Gasteiger partial charge in [0, 0.05) is 64.1 Å². The first-order valence-electron chi connectivity index (χ1n) is 25.8. The first-order chi connectivity index (χ1) is 35.9. The van der Waals surface area contributed by atoms with Crippen molar-refractivity contribution in [3.8, 4) is 28.4 Å². The normalized spacial score (nSPS) is 18.0. The summed E-state index contributed by atoms with van der Waals surface area (Å²) in [7, 11) is 0. The summed E-state index contributed by atoms with van der Waals surface area (Å²) < 4.78 is 9.22. The van der Waals surface area contributed by atoms with Crippen LogP contribution in [0.1, 0.15) is 94.5 Å². The molecule has 1 aliphatic heterocycles. The Bertz CT molecular complexity index is 3980. The van der Waals surface area contributed by atoms with Gasteiger partial charge in [0.25, 0.3) is 0 Å². The van der Waals surface area contributed by atoms with E-state index >= 15 is 0 Å². The number of hydrogen-bond donors (Lipinski definition) is 0. The molecular formula is C68H52N4O. The summed E-state index contributed by atoms with van der Waals surface area (Å²) >= 11 is 0. The Balaban J connectivity index is 0.816. The van der Waals surface area contributed by atoms with Crippen LogP contribution < -0.4 is 14.5 Å². The van der Waals surface area contributed by atoms with E-state index in [9.17, 15) is 0 Å². The Kier molecular flexibility index (Phi) is 9.17. The van der Waals surface area contributed by atoms with Crippen molar-refractivity contribution >= 4 is 44.6 Å². The van der Waals surface area contributed by atoms with Gasteiger partial charge in [0.1, 0.15) is 24.0 Å². The summed E-state index contributed by atoms with van der Waals surface area (Å²) in [5.74, 6) is 3.17. The molecule has 6 aliphatic carbocycles. The number of hydrogen-bond acceptors (Lipinski definition) is 4. The molecule has 0 radical (unpaired) electrons. The van der Waals surface area contributed by atoms with Crippen molar-refractivity contribution in [2.75, 3.05) is 16.5 Å². The van der Waals surface area contributed by atoms with Gasteiger partial charge >= 0.3 is 0 Å². The predicted octanol–water partition coefficient (Wildman–Crippen LogP) is 17.1. The Morgan fingerprint density at radius 2 is 1.00 bits per heavy atom. The molecule has 0 fully saturated rings. The van der Waals surface area contributed by atoms with Gasteiger partial charge in [-0.05, 0) is 133 Å². The van der Waals surface area contributed by atoms with Crippen LogP contribution in [0.3, 0.4) is 0 Å². The van der Waals surface area contributed by atoms with E-state index in [0.717, 1.165) is 39.4 Å². The third-order valence-electron chi connectivity index (χ3n) is 16.5. The molecular weight excluding hydrogens is 889 g/mol. The molecule has 18 rings (SSSR count). The SMILES string of the molecule is CC(C)(C)c1ccnc(-n2c3ccc(-c4ccccc4)cc3c3ccc(Oc4cccc(N5CN(c6cccc7c6C6c8ccccc8C7C7c8ccccc8C6c6ccccc67)c6ccccc65)c4)cc32)c1. The van der Waals surface area contributed by atoms with Crippen LogP contribution in [0, 0.1) is 0 Å². The Morgan fingerprint density at radius 3 is 1.70 bits per heavy atom. The average Bonchev–Trinajstić information content (AvgIpc) is 3.97. The monoisotopic (exact) mass is 940 g/mol. The number of ether oxygens (including phenoxy) is 1. The molecule has 5 heteroatoms. The van der Waals surface area contributed by atoms with Crippen LogP contribution in [-0.2, 0) is 5.41 Å². The highest BCUT2D eigenvalue weighted by molar-refractivity contribution is 6.10. The van der Waals surface area contributed by atoms with Gasteiger partial charge < -0.3 is 14.5 Å². The average molecular weight is 941 g/mol. The quantitative estimate of drug-likeness (QED) is 0.166. The van der Waals surface area contributed by atoms with Gasteiger partial charge in [-0.3, -0.25) is 4.57 Å². The molecule has 2 aromatic heterocycles. The molecule has 9 aromatic carbocycles. The molecule has 7 aliphatic rings. The number of benzene rings is 9. The Morgan fingerprint density at radius 1 is 0.425 bits per heavy atom. The summed E-state index contributed by atoms with van der Waals surface area (Å²) in [5.41, 5.74) is 22.2. The highest BCUT2D eigenvalue weighted by Crippen LogP contribution is 2.65. The number of fused-ring (bicyclic) bond motifs is 4. The van der Waals surface area contributed by atoms with E-state index < -0.39 is 0 Å². The van der Waals surface area contributed by atoms with Gasteiger partial charge in [-0.25, -0.2) is 4.98 Å². The minimum atomic E-state index is -0.0339. The van der Waals surface area contributed by atoms with E-state index in [1.807, 2.05) is 6.20 Å². The van der Waals surface area contributed by atoms with Crippen molar-refractivity contribution in [3.05, 3.63) is 275 Å². The molecule has 350 valence electrons. The zero-order valence-electron chi connectivity index (χ0n) is 41.1. The second-order valence-corrected chi connectivity index (χ2v) is 21.4. The molecule has 0 N–H and O–H groups in total. The van der Waals surface area contributed by atoms with E-state index in [0.29, 0.717) is 6.67 Å². The Hall–Kier alpha value is -8.67. The van der Waals surface area contributed by atoms with E-state index in [1.165, 1.54) is 83.6 Å². The Labute approximate surface area is 426 Å².